The Hall–Kier alpha value is -1.81. The highest BCUT2D eigenvalue weighted by molar-refractivity contribution is 9.10. The molecule has 2 aromatic carbocycles. The lowest BCUT2D eigenvalue weighted by molar-refractivity contribution is 0.210. The van der Waals surface area contributed by atoms with Crippen LogP contribution in [0.4, 0.5) is 8.78 Å². The average molecular weight is 517 g/mol. The third-order valence-corrected chi connectivity index (χ3v) is 8.02. The SMILES string of the molecule is O=S(=O)(c1cc(-c2nc(-c3ccc(Br)c(F)c3)c[nH]2)ccc1Cl)N1CCC(F)CC1. The van der Waals surface area contributed by atoms with Crippen molar-refractivity contribution >= 4 is 37.6 Å². The Morgan fingerprint density at radius 1 is 1.13 bits per heavy atom. The first-order chi connectivity index (χ1) is 14.3. The number of hydrogen-bond acceptors (Lipinski definition) is 3. The largest absolute Gasteiger partial charge is 0.344 e. The minimum Gasteiger partial charge on any atom is -0.344 e. The summed E-state index contributed by atoms with van der Waals surface area (Å²) < 4.78 is 54.9. The van der Waals surface area contributed by atoms with Crippen LogP contribution in [-0.4, -0.2) is 42.0 Å². The van der Waals surface area contributed by atoms with Crippen LogP contribution in [0.2, 0.25) is 5.02 Å². The van der Waals surface area contributed by atoms with E-state index < -0.39 is 22.0 Å². The third kappa shape index (κ3) is 4.16. The zero-order chi connectivity index (χ0) is 21.5. The Morgan fingerprint density at radius 3 is 2.53 bits per heavy atom. The fourth-order valence-corrected chi connectivity index (χ4v) is 5.54. The van der Waals surface area contributed by atoms with Gasteiger partial charge in [0, 0.05) is 30.4 Å². The molecule has 0 spiro atoms. The van der Waals surface area contributed by atoms with Crippen molar-refractivity contribution in [3.05, 3.63) is 57.9 Å². The number of hydrogen-bond donors (Lipinski definition) is 1. The van der Waals surface area contributed by atoms with Crippen LogP contribution in [0.1, 0.15) is 12.8 Å². The molecule has 3 aromatic rings. The van der Waals surface area contributed by atoms with Gasteiger partial charge in [0.15, 0.2) is 0 Å². The summed E-state index contributed by atoms with van der Waals surface area (Å²) in [7, 11) is -3.86. The molecule has 5 nitrogen and oxygen atoms in total. The van der Waals surface area contributed by atoms with E-state index >= 15 is 0 Å². The fourth-order valence-electron chi connectivity index (χ4n) is 3.33. The Kier molecular flexibility index (Phi) is 5.98. The Bertz CT molecular complexity index is 1190. The summed E-state index contributed by atoms with van der Waals surface area (Å²) in [6.45, 7) is 0.230. The monoisotopic (exact) mass is 515 g/mol. The minimum atomic E-state index is -3.86. The van der Waals surface area contributed by atoms with Gasteiger partial charge in [-0.25, -0.2) is 22.2 Å². The molecule has 0 aliphatic carbocycles. The van der Waals surface area contributed by atoms with Gasteiger partial charge in [0.2, 0.25) is 10.0 Å². The Morgan fingerprint density at radius 2 is 1.83 bits per heavy atom. The van der Waals surface area contributed by atoms with Crippen molar-refractivity contribution in [1.82, 2.24) is 14.3 Å². The van der Waals surface area contributed by atoms with Gasteiger partial charge in [0.25, 0.3) is 0 Å². The molecule has 1 saturated heterocycles. The van der Waals surface area contributed by atoms with Gasteiger partial charge in [-0.3, -0.25) is 0 Å². The highest BCUT2D eigenvalue weighted by Gasteiger charge is 2.31. The molecule has 0 radical (unpaired) electrons. The predicted molar refractivity (Wildman–Crippen MR) is 115 cm³/mol. The van der Waals surface area contributed by atoms with Crippen molar-refractivity contribution in [3.8, 4) is 22.6 Å². The average Bonchev–Trinajstić information content (AvgIpc) is 3.21. The standard InChI is InChI=1S/C20H17BrClF2N3O2S/c21-15-3-1-12(9-17(15)24)18-11-25-20(26-18)13-2-4-16(22)19(10-13)30(28,29)27-7-5-14(23)6-8-27/h1-4,9-11,14H,5-8H2,(H,25,26). The summed E-state index contributed by atoms with van der Waals surface area (Å²) >= 11 is 9.31. The van der Waals surface area contributed by atoms with Crippen LogP contribution in [0.3, 0.4) is 0 Å². The van der Waals surface area contributed by atoms with E-state index in [0.29, 0.717) is 27.1 Å². The maximum atomic E-state index is 13.8. The number of H-pyrrole nitrogens is 1. The minimum absolute atomic E-state index is 0.0494. The van der Waals surface area contributed by atoms with E-state index in [1.54, 1.807) is 24.4 Å². The second-order valence-electron chi connectivity index (χ2n) is 6.99. The molecular formula is C20H17BrClF2N3O2S. The number of aromatic amines is 1. The molecule has 1 aromatic heterocycles. The molecule has 10 heteroatoms. The summed E-state index contributed by atoms with van der Waals surface area (Å²) in [4.78, 5) is 7.40. The van der Waals surface area contributed by atoms with Crippen LogP contribution in [0, 0.1) is 5.82 Å². The normalized spacial score (nSPS) is 16.1. The Balaban J connectivity index is 1.67. The van der Waals surface area contributed by atoms with Crippen LogP contribution >= 0.6 is 27.5 Å². The van der Waals surface area contributed by atoms with Gasteiger partial charge < -0.3 is 4.98 Å². The highest BCUT2D eigenvalue weighted by atomic mass is 79.9. The van der Waals surface area contributed by atoms with Crippen molar-refractivity contribution in [2.75, 3.05) is 13.1 Å². The van der Waals surface area contributed by atoms with Gasteiger partial charge >= 0.3 is 0 Å². The fraction of sp³-hybridized carbons (Fsp3) is 0.250. The molecule has 0 saturated carbocycles. The van der Waals surface area contributed by atoms with E-state index in [9.17, 15) is 17.2 Å². The van der Waals surface area contributed by atoms with Gasteiger partial charge in [-0.2, -0.15) is 4.31 Å². The van der Waals surface area contributed by atoms with Crippen LogP contribution < -0.4 is 0 Å². The molecule has 0 atom stereocenters. The second-order valence-corrected chi connectivity index (χ2v) is 10.2. The van der Waals surface area contributed by atoms with Crippen molar-refractivity contribution in [2.24, 2.45) is 0 Å². The molecule has 1 N–H and O–H groups in total. The zero-order valence-corrected chi connectivity index (χ0v) is 18.7. The predicted octanol–water partition coefficient (Wildman–Crippen LogP) is 5.42. The third-order valence-electron chi connectivity index (χ3n) is 5.00. The molecular weight excluding hydrogens is 500 g/mol. The van der Waals surface area contributed by atoms with Crippen LogP contribution in [0.25, 0.3) is 22.6 Å². The summed E-state index contributed by atoms with van der Waals surface area (Å²) in [6.07, 6.45) is 0.972. The van der Waals surface area contributed by atoms with Gasteiger partial charge in [-0.05, 0) is 59.1 Å². The number of aromatic nitrogens is 2. The van der Waals surface area contributed by atoms with E-state index in [2.05, 4.69) is 25.9 Å². The zero-order valence-electron chi connectivity index (χ0n) is 15.6. The lowest BCUT2D eigenvalue weighted by atomic mass is 10.1. The molecule has 1 aliphatic heterocycles. The molecule has 2 heterocycles. The second kappa shape index (κ2) is 8.37. The number of rotatable bonds is 4. The molecule has 4 rings (SSSR count). The smallest absolute Gasteiger partial charge is 0.244 e. The van der Waals surface area contributed by atoms with Crippen LogP contribution in [0.5, 0.6) is 0 Å². The number of benzene rings is 2. The quantitative estimate of drug-likeness (QED) is 0.503. The number of alkyl halides is 1. The van der Waals surface area contributed by atoms with Crippen molar-refractivity contribution < 1.29 is 17.2 Å². The van der Waals surface area contributed by atoms with Gasteiger partial charge in [0.05, 0.1) is 15.2 Å². The number of piperidine rings is 1. The molecule has 1 fully saturated rings. The van der Waals surface area contributed by atoms with Gasteiger partial charge in [0.1, 0.15) is 22.7 Å². The number of halogens is 4. The van der Waals surface area contributed by atoms with Crippen molar-refractivity contribution in [1.29, 1.82) is 0 Å². The number of imidazole rings is 1. The topological polar surface area (TPSA) is 66.1 Å². The first-order valence-electron chi connectivity index (χ1n) is 9.20. The molecule has 0 unspecified atom stereocenters. The molecule has 1 aliphatic rings. The van der Waals surface area contributed by atoms with Crippen LogP contribution in [0.15, 0.2) is 52.0 Å². The van der Waals surface area contributed by atoms with E-state index in [0.717, 1.165) is 0 Å². The number of sulfonamides is 1. The summed E-state index contributed by atoms with van der Waals surface area (Å²) in [5.41, 5.74) is 1.61. The molecule has 158 valence electrons. The maximum absolute atomic E-state index is 13.8. The first kappa shape index (κ1) is 21.4. The molecule has 0 amide bonds. The van der Waals surface area contributed by atoms with Gasteiger partial charge in [-0.15, -0.1) is 0 Å². The van der Waals surface area contributed by atoms with E-state index in [1.807, 2.05) is 0 Å². The lowest BCUT2D eigenvalue weighted by Gasteiger charge is -2.28. The highest BCUT2D eigenvalue weighted by Crippen LogP contribution is 2.32. The van der Waals surface area contributed by atoms with Crippen molar-refractivity contribution in [3.63, 3.8) is 0 Å². The lowest BCUT2D eigenvalue weighted by Crippen LogP contribution is -2.39. The maximum Gasteiger partial charge on any atom is 0.244 e. The van der Waals surface area contributed by atoms with Gasteiger partial charge in [-0.1, -0.05) is 17.7 Å². The van der Waals surface area contributed by atoms with E-state index in [-0.39, 0.29) is 35.8 Å². The number of nitrogens with one attached hydrogen (secondary N) is 1. The number of nitrogens with zero attached hydrogens (tertiary/aromatic N) is 2. The summed E-state index contributed by atoms with van der Waals surface area (Å²) in [5.74, 6) is 0.0119. The molecule has 0 bridgehead atoms. The van der Waals surface area contributed by atoms with E-state index in [1.165, 1.54) is 22.5 Å². The molecule has 30 heavy (non-hydrogen) atoms. The van der Waals surface area contributed by atoms with E-state index in [4.69, 9.17) is 11.6 Å². The Labute approximate surface area is 186 Å². The summed E-state index contributed by atoms with van der Waals surface area (Å²) in [5, 5.41) is 0.0860. The summed E-state index contributed by atoms with van der Waals surface area (Å²) in [6, 6.07) is 9.26. The first-order valence-corrected chi connectivity index (χ1v) is 11.8. The van der Waals surface area contributed by atoms with Crippen LogP contribution in [-0.2, 0) is 10.0 Å². The van der Waals surface area contributed by atoms with Crippen molar-refractivity contribution in [2.45, 2.75) is 23.9 Å².